The van der Waals surface area contributed by atoms with Crippen LogP contribution in [0.15, 0.2) is 18.2 Å². The highest BCUT2D eigenvalue weighted by molar-refractivity contribution is 5.98. The summed E-state index contributed by atoms with van der Waals surface area (Å²) in [6.07, 6.45) is -1.13. The minimum Gasteiger partial charge on any atom is -0.493 e. The molecule has 0 saturated heterocycles. The van der Waals surface area contributed by atoms with Crippen LogP contribution in [0.1, 0.15) is 17.3 Å². The molecular weight excluding hydrogens is 292 g/mol. The number of hydrogen-bond acceptors (Lipinski definition) is 6. The molecule has 1 rings (SSSR count). The molecule has 8 nitrogen and oxygen atoms in total. The van der Waals surface area contributed by atoms with Gasteiger partial charge in [-0.05, 0) is 25.1 Å². The quantitative estimate of drug-likeness (QED) is 0.776. The molecule has 3 amide bonds. The summed E-state index contributed by atoms with van der Waals surface area (Å²) in [5.74, 6) is -0.627. The van der Waals surface area contributed by atoms with Gasteiger partial charge in [-0.2, -0.15) is 0 Å². The average Bonchev–Trinajstić information content (AvgIpc) is 2.53. The number of imide groups is 1. The molecule has 0 aliphatic carbocycles. The molecule has 0 aliphatic heterocycles. The molecule has 1 aromatic carbocycles. The highest BCUT2D eigenvalue weighted by Crippen LogP contribution is 2.27. The molecule has 8 heteroatoms. The third kappa shape index (κ3) is 4.37. The Hall–Kier alpha value is -2.77. The van der Waals surface area contributed by atoms with Crippen LogP contribution in [0, 0.1) is 0 Å². The molecule has 1 aromatic rings. The van der Waals surface area contributed by atoms with Crippen molar-refractivity contribution in [1.82, 2.24) is 10.6 Å². The van der Waals surface area contributed by atoms with Crippen molar-refractivity contribution in [2.75, 3.05) is 21.3 Å². The zero-order chi connectivity index (χ0) is 16.7. The predicted octanol–water partition coefficient (Wildman–Crippen LogP) is 0.705. The van der Waals surface area contributed by atoms with Crippen molar-refractivity contribution >= 4 is 17.9 Å². The number of amides is 3. The third-order valence-electron chi connectivity index (χ3n) is 2.74. The summed E-state index contributed by atoms with van der Waals surface area (Å²) in [6, 6.07) is 3.78. The van der Waals surface area contributed by atoms with Crippen LogP contribution in [-0.2, 0) is 9.53 Å². The fraction of sp³-hybridized carbons (Fsp3) is 0.357. The van der Waals surface area contributed by atoms with E-state index in [1.807, 2.05) is 5.32 Å². The maximum atomic E-state index is 12.0. The van der Waals surface area contributed by atoms with Gasteiger partial charge in [0, 0.05) is 7.05 Å². The number of hydrogen-bond donors (Lipinski definition) is 2. The van der Waals surface area contributed by atoms with E-state index in [4.69, 9.17) is 14.2 Å². The van der Waals surface area contributed by atoms with Crippen molar-refractivity contribution in [2.24, 2.45) is 0 Å². The molecule has 2 N–H and O–H groups in total. The van der Waals surface area contributed by atoms with Gasteiger partial charge in [-0.1, -0.05) is 0 Å². The van der Waals surface area contributed by atoms with Gasteiger partial charge in [0.1, 0.15) is 0 Å². The molecule has 0 radical (unpaired) electrons. The lowest BCUT2D eigenvalue weighted by atomic mass is 10.2. The number of carbonyl (C=O) groups is 3. The lowest BCUT2D eigenvalue weighted by molar-refractivity contribution is -0.127. The molecular formula is C14H18N2O6. The summed E-state index contributed by atoms with van der Waals surface area (Å²) in [5, 5.41) is 4.24. The zero-order valence-corrected chi connectivity index (χ0v) is 12.8. The van der Waals surface area contributed by atoms with Crippen molar-refractivity contribution in [2.45, 2.75) is 13.0 Å². The predicted molar refractivity (Wildman–Crippen MR) is 77.0 cm³/mol. The number of ether oxygens (including phenoxy) is 3. The van der Waals surface area contributed by atoms with Gasteiger partial charge in [0.15, 0.2) is 17.6 Å². The lowest BCUT2D eigenvalue weighted by Crippen LogP contribution is -2.43. The molecule has 0 aliphatic rings. The van der Waals surface area contributed by atoms with Crippen LogP contribution in [0.2, 0.25) is 0 Å². The molecule has 0 heterocycles. The normalized spacial score (nSPS) is 11.1. The fourth-order valence-electron chi connectivity index (χ4n) is 1.52. The number of nitrogens with one attached hydrogen (secondary N) is 2. The second-order valence-electron chi connectivity index (χ2n) is 4.19. The van der Waals surface area contributed by atoms with Crippen molar-refractivity contribution < 1.29 is 28.6 Å². The average molecular weight is 310 g/mol. The fourth-order valence-corrected chi connectivity index (χ4v) is 1.52. The maximum absolute atomic E-state index is 12.0. The highest BCUT2D eigenvalue weighted by Gasteiger charge is 2.21. The molecule has 120 valence electrons. The van der Waals surface area contributed by atoms with E-state index in [1.165, 1.54) is 40.3 Å². The van der Waals surface area contributed by atoms with E-state index in [-0.39, 0.29) is 5.56 Å². The molecule has 0 spiro atoms. The summed E-state index contributed by atoms with van der Waals surface area (Å²) in [5.41, 5.74) is 0.192. The summed E-state index contributed by atoms with van der Waals surface area (Å²) in [7, 11) is 4.27. The van der Waals surface area contributed by atoms with Crippen LogP contribution >= 0.6 is 0 Å². The summed E-state index contributed by atoms with van der Waals surface area (Å²) >= 11 is 0. The largest absolute Gasteiger partial charge is 0.493 e. The van der Waals surface area contributed by atoms with Gasteiger partial charge in [0.25, 0.3) is 5.91 Å². The topological polar surface area (TPSA) is 103 Å². The minimum absolute atomic E-state index is 0.192. The molecule has 0 bridgehead atoms. The van der Waals surface area contributed by atoms with Gasteiger partial charge >= 0.3 is 12.0 Å². The van der Waals surface area contributed by atoms with Crippen molar-refractivity contribution in [3.05, 3.63) is 23.8 Å². The minimum atomic E-state index is -1.13. The Kier molecular flexibility index (Phi) is 6.18. The Bertz CT molecular complexity index is 572. The van der Waals surface area contributed by atoms with Crippen molar-refractivity contribution in [3.63, 3.8) is 0 Å². The van der Waals surface area contributed by atoms with Crippen molar-refractivity contribution in [3.8, 4) is 11.5 Å². The lowest BCUT2D eigenvalue weighted by Gasteiger charge is -2.13. The summed E-state index contributed by atoms with van der Waals surface area (Å²) in [6.45, 7) is 1.36. The van der Waals surface area contributed by atoms with Crippen LogP contribution in [0.25, 0.3) is 0 Å². The van der Waals surface area contributed by atoms with Crippen LogP contribution in [0.4, 0.5) is 4.79 Å². The summed E-state index contributed by atoms with van der Waals surface area (Å²) in [4.78, 5) is 34.6. The zero-order valence-electron chi connectivity index (χ0n) is 12.8. The Morgan fingerprint density at radius 2 is 1.73 bits per heavy atom. The maximum Gasteiger partial charge on any atom is 0.339 e. The van der Waals surface area contributed by atoms with E-state index in [0.29, 0.717) is 11.5 Å². The van der Waals surface area contributed by atoms with E-state index < -0.39 is 24.0 Å². The van der Waals surface area contributed by atoms with E-state index in [9.17, 15) is 14.4 Å². The van der Waals surface area contributed by atoms with Crippen LogP contribution in [0.3, 0.4) is 0 Å². The van der Waals surface area contributed by atoms with Crippen LogP contribution in [0.5, 0.6) is 11.5 Å². The number of carbonyl (C=O) groups excluding carboxylic acids is 3. The second kappa shape index (κ2) is 7.87. The number of benzene rings is 1. The first kappa shape index (κ1) is 17.3. The molecule has 0 saturated carbocycles. The smallest absolute Gasteiger partial charge is 0.339 e. The van der Waals surface area contributed by atoms with E-state index in [0.717, 1.165) is 0 Å². The van der Waals surface area contributed by atoms with E-state index in [2.05, 4.69) is 5.32 Å². The van der Waals surface area contributed by atoms with E-state index in [1.54, 1.807) is 6.07 Å². The first-order chi connectivity index (χ1) is 10.4. The monoisotopic (exact) mass is 310 g/mol. The summed E-state index contributed by atoms with van der Waals surface area (Å²) < 4.78 is 15.1. The number of urea groups is 1. The Labute approximate surface area is 127 Å². The van der Waals surface area contributed by atoms with Gasteiger partial charge in [0.05, 0.1) is 19.8 Å². The molecule has 1 unspecified atom stereocenters. The first-order valence-corrected chi connectivity index (χ1v) is 6.38. The highest BCUT2D eigenvalue weighted by atomic mass is 16.5. The SMILES string of the molecule is CNC(=O)NC(=O)C(C)OC(=O)c1ccc(OC)c(OC)c1. The van der Waals surface area contributed by atoms with Crippen molar-refractivity contribution in [1.29, 1.82) is 0 Å². The Morgan fingerprint density at radius 1 is 1.09 bits per heavy atom. The van der Waals surface area contributed by atoms with E-state index >= 15 is 0 Å². The van der Waals surface area contributed by atoms with Gasteiger partial charge in [-0.3, -0.25) is 10.1 Å². The number of methoxy groups -OCH3 is 2. The standard InChI is InChI=1S/C14H18N2O6/c1-8(12(17)16-14(19)15-2)22-13(18)9-5-6-10(20-3)11(7-9)21-4/h5-8H,1-4H3,(H2,15,16,17,19). The Balaban J connectivity index is 2.76. The Morgan fingerprint density at radius 3 is 2.27 bits per heavy atom. The van der Waals surface area contributed by atoms with Gasteiger partial charge in [0.2, 0.25) is 0 Å². The van der Waals surface area contributed by atoms with Gasteiger partial charge < -0.3 is 19.5 Å². The number of esters is 1. The third-order valence-corrected chi connectivity index (χ3v) is 2.74. The van der Waals surface area contributed by atoms with Crippen LogP contribution in [-0.4, -0.2) is 45.3 Å². The van der Waals surface area contributed by atoms with Gasteiger partial charge in [-0.15, -0.1) is 0 Å². The molecule has 22 heavy (non-hydrogen) atoms. The molecule has 1 atom stereocenters. The number of rotatable bonds is 5. The van der Waals surface area contributed by atoms with Gasteiger partial charge in [-0.25, -0.2) is 9.59 Å². The molecule has 0 fully saturated rings. The molecule has 0 aromatic heterocycles. The second-order valence-corrected chi connectivity index (χ2v) is 4.19. The van der Waals surface area contributed by atoms with Crippen LogP contribution < -0.4 is 20.1 Å². The first-order valence-electron chi connectivity index (χ1n) is 6.38.